The second-order valence-corrected chi connectivity index (χ2v) is 23.0. The van der Waals surface area contributed by atoms with E-state index in [1.54, 1.807) is 0 Å². The molecule has 10 rings (SSSR count). The number of rotatable bonds is 7. The van der Waals surface area contributed by atoms with Crippen molar-refractivity contribution in [2.45, 2.75) is 73.0 Å². The minimum atomic E-state index is -1.27. The number of imidazole rings is 1. The van der Waals surface area contributed by atoms with Crippen LogP contribution < -0.4 is 5.19 Å². The molecule has 6 aromatic carbocycles. The summed E-state index contributed by atoms with van der Waals surface area (Å²) in [5, 5.41) is 4.63. The Balaban J connectivity index is 0.000000255. The number of aryl methyl sites for hydroxylation is 2. The first-order valence-corrected chi connectivity index (χ1v) is 25.2. The van der Waals surface area contributed by atoms with Gasteiger partial charge in [0, 0.05) is 42.8 Å². The van der Waals surface area contributed by atoms with Gasteiger partial charge in [-0.25, -0.2) is 0 Å². The van der Waals surface area contributed by atoms with Crippen molar-refractivity contribution < 1.29 is 24.5 Å². The van der Waals surface area contributed by atoms with Gasteiger partial charge in [-0.05, 0) is 83.1 Å². The van der Waals surface area contributed by atoms with E-state index in [1.165, 1.54) is 38.7 Å². The molecule has 0 N–H and O–H groups in total. The first-order valence-electron chi connectivity index (χ1n) is 21.7. The van der Waals surface area contributed by atoms with Gasteiger partial charge in [0.15, 0.2) is 0 Å². The van der Waals surface area contributed by atoms with Gasteiger partial charge in [-0.15, -0.1) is 54.1 Å². The molecule has 4 aromatic heterocycles. The summed E-state index contributed by atoms with van der Waals surface area (Å²) in [6.07, 6.45) is 2.05. The van der Waals surface area contributed by atoms with Crippen molar-refractivity contribution >= 4 is 57.1 Å². The van der Waals surface area contributed by atoms with Crippen molar-refractivity contribution in [2.75, 3.05) is 0 Å². The monoisotopic (exact) mass is 1020 g/mol. The van der Waals surface area contributed by atoms with Crippen molar-refractivity contribution in [3.05, 3.63) is 174 Å². The fourth-order valence-electron chi connectivity index (χ4n) is 8.85. The number of pyridine rings is 2. The fourth-order valence-corrected chi connectivity index (χ4v) is 10.6. The van der Waals surface area contributed by atoms with Gasteiger partial charge in [-0.3, -0.25) is 9.97 Å². The molecule has 10 aromatic rings. The Labute approximate surface area is 385 Å². The minimum absolute atomic E-state index is 0. The number of para-hydroxylation sites is 2. The van der Waals surface area contributed by atoms with Gasteiger partial charge in [0.25, 0.3) is 0 Å². The van der Waals surface area contributed by atoms with E-state index < -0.39 is 8.07 Å². The van der Waals surface area contributed by atoms with Crippen LogP contribution in [0.4, 0.5) is 0 Å². The Morgan fingerprint density at radius 2 is 1.32 bits per heavy atom. The van der Waals surface area contributed by atoms with Crippen LogP contribution in [0.2, 0.25) is 19.6 Å². The summed E-state index contributed by atoms with van der Waals surface area (Å²) in [4.78, 5) is 15.2. The summed E-state index contributed by atoms with van der Waals surface area (Å²) in [6, 6.07) is 53.0. The first-order chi connectivity index (χ1) is 29.9. The predicted octanol–water partition coefficient (Wildman–Crippen LogP) is 14.6. The largest absolute Gasteiger partial charge is 0.501 e. The van der Waals surface area contributed by atoms with E-state index in [1.807, 2.05) is 42.5 Å². The van der Waals surface area contributed by atoms with Gasteiger partial charge in [0.2, 0.25) is 0 Å². The van der Waals surface area contributed by atoms with Crippen LogP contribution in [0.15, 0.2) is 144 Å². The minimum Gasteiger partial charge on any atom is -0.501 e. The molecule has 0 amide bonds. The zero-order valence-electron chi connectivity index (χ0n) is 37.5. The zero-order valence-corrected chi connectivity index (χ0v) is 40.9. The van der Waals surface area contributed by atoms with Crippen molar-refractivity contribution in [1.82, 2.24) is 19.5 Å². The predicted molar refractivity (Wildman–Crippen MR) is 262 cm³/mol. The number of hydrogen-bond acceptors (Lipinski definition) is 4. The van der Waals surface area contributed by atoms with Crippen LogP contribution in [0.5, 0.6) is 0 Å². The van der Waals surface area contributed by atoms with Gasteiger partial charge in [-0.1, -0.05) is 137 Å². The molecule has 0 aliphatic heterocycles. The van der Waals surface area contributed by atoms with Crippen LogP contribution in [0.3, 0.4) is 0 Å². The molecule has 0 spiro atoms. The second kappa shape index (κ2) is 17.6. The van der Waals surface area contributed by atoms with Gasteiger partial charge >= 0.3 is 0 Å². The zero-order chi connectivity index (χ0) is 43.3. The van der Waals surface area contributed by atoms with E-state index >= 15 is 0 Å². The molecule has 7 heteroatoms. The topological polar surface area (TPSA) is 56.7 Å². The van der Waals surface area contributed by atoms with Crippen molar-refractivity contribution in [1.29, 1.82) is 0 Å². The molecule has 1 radical (unpaired) electrons. The molecule has 0 saturated carbocycles. The van der Waals surface area contributed by atoms with Gasteiger partial charge in [0.05, 0.1) is 41.7 Å². The third kappa shape index (κ3) is 8.22. The molecule has 4 heterocycles. The van der Waals surface area contributed by atoms with E-state index in [-0.39, 0.29) is 31.9 Å². The van der Waals surface area contributed by atoms with Crippen LogP contribution in [-0.2, 0) is 20.1 Å². The molecule has 0 aliphatic rings. The van der Waals surface area contributed by atoms with E-state index in [4.69, 9.17) is 14.4 Å². The Bertz CT molecular complexity index is 3220. The smallest absolute Gasteiger partial charge is 0.120 e. The van der Waals surface area contributed by atoms with E-state index in [0.29, 0.717) is 0 Å². The molecule has 63 heavy (non-hydrogen) atoms. The standard InChI is InChI=1S/C41H34N3O.C15H18NSi.Ir/c1-24(2)33-22-28(27-14-7-6-8-15-27)23-34(25(3)4)39(33)44-38-26(5)42-35-20-11-9-17-31(35)37(38)43-41(44)32-19-13-18-30-29-16-10-12-21-36(29)45-40(30)32;1-12-10-14(13-8-6-5-7-9-13)16-11-15(12)17(2,3)4;/h6-18,20-25H,1-5H3;5-8,10-11H,1-4H3;/q2*-1;. The molecule has 5 nitrogen and oxygen atoms in total. The van der Waals surface area contributed by atoms with Crippen LogP contribution in [0.1, 0.15) is 61.9 Å². The number of aromatic nitrogens is 4. The number of fused-ring (bicyclic) bond motifs is 6. The van der Waals surface area contributed by atoms with Crippen molar-refractivity contribution in [2.24, 2.45) is 0 Å². The Kier molecular flexibility index (Phi) is 12.2. The summed E-state index contributed by atoms with van der Waals surface area (Å²) in [5.74, 6) is 1.32. The Morgan fingerprint density at radius 1 is 0.651 bits per heavy atom. The molecule has 0 fully saturated rings. The Hall–Kier alpha value is -5.98. The molecule has 0 bridgehead atoms. The third-order valence-electron chi connectivity index (χ3n) is 11.9. The molecule has 0 atom stereocenters. The average molecular weight is 1020 g/mol. The molecule has 317 valence electrons. The normalized spacial score (nSPS) is 11.7. The number of hydrogen-bond donors (Lipinski definition) is 0. The van der Waals surface area contributed by atoms with E-state index in [2.05, 4.69) is 180 Å². The number of benzene rings is 6. The summed E-state index contributed by atoms with van der Waals surface area (Å²) in [6.45, 7) is 20.5. The average Bonchev–Trinajstić information content (AvgIpc) is 3.86. The second-order valence-electron chi connectivity index (χ2n) is 18.0. The van der Waals surface area contributed by atoms with Crippen LogP contribution in [0, 0.1) is 26.0 Å². The third-order valence-corrected chi connectivity index (χ3v) is 14.0. The number of furan rings is 1. The summed E-state index contributed by atoms with van der Waals surface area (Å²) >= 11 is 0. The van der Waals surface area contributed by atoms with E-state index in [0.717, 1.165) is 72.2 Å². The molecule has 0 saturated heterocycles. The SMILES string of the molecule is Cc1cc(-c2[c-]cccc2)ncc1[Si](C)(C)C.Cc1nc2ccccc2c2nc(-c3[c-]ccc4c3oc3ccccc34)n(-c3c(C(C)C)cc(-c4ccccc4)cc3C(C)C)c12.[Ir]. The molecular formula is C56H52IrN4OSi-2. The van der Waals surface area contributed by atoms with Crippen LogP contribution >= 0.6 is 0 Å². The first kappa shape index (κ1) is 43.7. The molecule has 0 aliphatic carbocycles. The number of nitrogens with zero attached hydrogens (tertiary/aromatic N) is 4. The maximum absolute atomic E-state index is 6.57. The fraction of sp³-hybridized carbons (Fsp3) is 0.196. The van der Waals surface area contributed by atoms with Gasteiger partial charge in [-0.2, -0.15) is 0 Å². The van der Waals surface area contributed by atoms with Crippen molar-refractivity contribution in [3.63, 3.8) is 0 Å². The maximum Gasteiger partial charge on any atom is 0.120 e. The van der Waals surface area contributed by atoms with Crippen LogP contribution in [-0.4, -0.2) is 27.6 Å². The van der Waals surface area contributed by atoms with Gasteiger partial charge < -0.3 is 14.0 Å². The summed E-state index contributed by atoms with van der Waals surface area (Å²) < 4.78 is 8.94. The van der Waals surface area contributed by atoms with Gasteiger partial charge in [0.1, 0.15) is 5.58 Å². The maximum atomic E-state index is 6.57. The molecule has 0 unspecified atom stereocenters. The van der Waals surface area contributed by atoms with Crippen LogP contribution in [0.25, 0.3) is 83.3 Å². The summed E-state index contributed by atoms with van der Waals surface area (Å²) in [7, 11) is -1.27. The van der Waals surface area contributed by atoms with Crippen molar-refractivity contribution in [3.8, 4) is 39.5 Å². The van der Waals surface area contributed by atoms with E-state index in [9.17, 15) is 0 Å². The summed E-state index contributed by atoms with van der Waals surface area (Å²) in [5.41, 5.74) is 15.9. The Morgan fingerprint density at radius 3 is 1.98 bits per heavy atom. The molecular weight excluding hydrogens is 965 g/mol. The quantitative estimate of drug-likeness (QED) is 0.118.